The number of alkyl halides is 3. The van der Waals surface area contributed by atoms with Crippen LogP contribution < -0.4 is 10.6 Å². The van der Waals surface area contributed by atoms with Gasteiger partial charge in [-0.3, -0.25) is 24.2 Å². The molecule has 0 spiro atoms. The molecule has 0 aliphatic carbocycles. The van der Waals surface area contributed by atoms with Crippen molar-refractivity contribution in [3.8, 4) is 6.07 Å². The highest BCUT2D eigenvalue weighted by atomic mass is 19.4. The smallest absolute Gasteiger partial charge is 0.343 e. The number of piperazine rings is 1. The number of nitrogens with zero attached hydrogens (tertiary/aromatic N) is 4. The van der Waals surface area contributed by atoms with Gasteiger partial charge < -0.3 is 15.5 Å². The van der Waals surface area contributed by atoms with E-state index in [9.17, 15) is 27.6 Å². The number of hydrogen-bond acceptors (Lipinski definition) is 6. The van der Waals surface area contributed by atoms with E-state index in [1.807, 2.05) is 11.0 Å². The molecule has 212 valence electrons. The van der Waals surface area contributed by atoms with E-state index >= 15 is 0 Å². The molecular weight excluding hydrogens is 525 g/mol. The van der Waals surface area contributed by atoms with Gasteiger partial charge in [0.2, 0.25) is 5.91 Å². The molecule has 2 aromatic rings. The van der Waals surface area contributed by atoms with Crippen LogP contribution in [0.25, 0.3) is 0 Å². The van der Waals surface area contributed by atoms with Gasteiger partial charge in [-0.05, 0) is 55.3 Å². The number of carbonyl (C=O) groups excluding carboxylic acids is 3. The van der Waals surface area contributed by atoms with Gasteiger partial charge in [-0.15, -0.1) is 0 Å². The number of carbonyl (C=O) groups is 3. The summed E-state index contributed by atoms with van der Waals surface area (Å²) >= 11 is 0. The van der Waals surface area contributed by atoms with Crippen LogP contribution in [0.3, 0.4) is 0 Å². The minimum atomic E-state index is -4.56. The molecule has 40 heavy (non-hydrogen) atoms. The molecule has 1 unspecified atom stereocenters. The molecule has 2 aliphatic heterocycles. The minimum Gasteiger partial charge on any atom is -0.343 e. The van der Waals surface area contributed by atoms with Gasteiger partial charge in [0.15, 0.2) is 0 Å². The summed E-state index contributed by atoms with van der Waals surface area (Å²) in [6.45, 7) is 4.65. The van der Waals surface area contributed by atoms with Gasteiger partial charge in [0.25, 0.3) is 11.8 Å². The van der Waals surface area contributed by atoms with E-state index in [1.54, 1.807) is 24.3 Å². The maximum absolute atomic E-state index is 12.9. The number of amides is 3. The third-order valence-corrected chi connectivity index (χ3v) is 7.18. The zero-order valence-electron chi connectivity index (χ0n) is 21.9. The van der Waals surface area contributed by atoms with Gasteiger partial charge in [0.05, 0.1) is 29.9 Å². The number of benzene rings is 2. The van der Waals surface area contributed by atoms with E-state index in [2.05, 4.69) is 20.4 Å². The molecule has 2 heterocycles. The van der Waals surface area contributed by atoms with E-state index in [1.165, 1.54) is 6.07 Å². The number of hydrogen-bond donors (Lipinski definition) is 2. The molecule has 0 aromatic heterocycles. The van der Waals surface area contributed by atoms with Crippen LogP contribution >= 0.6 is 0 Å². The Morgan fingerprint density at radius 3 is 2.35 bits per heavy atom. The molecule has 9 nitrogen and oxygen atoms in total. The van der Waals surface area contributed by atoms with Crippen molar-refractivity contribution in [1.82, 2.24) is 25.3 Å². The molecular formula is C28H31F3N6O3. The summed E-state index contributed by atoms with van der Waals surface area (Å²) in [5.41, 5.74) is -0.0129. The van der Waals surface area contributed by atoms with Crippen LogP contribution in [0.4, 0.5) is 13.2 Å². The fourth-order valence-electron chi connectivity index (χ4n) is 4.91. The second kappa shape index (κ2) is 12.9. The molecule has 2 aromatic carbocycles. The highest BCUT2D eigenvalue weighted by molar-refractivity contribution is 5.96. The molecule has 0 radical (unpaired) electrons. The van der Waals surface area contributed by atoms with Crippen LogP contribution in [-0.4, -0.2) is 90.9 Å². The van der Waals surface area contributed by atoms with E-state index in [-0.39, 0.29) is 24.2 Å². The fourth-order valence-corrected chi connectivity index (χ4v) is 4.91. The van der Waals surface area contributed by atoms with E-state index in [4.69, 9.17) is 5.26 Å². The SMILES string of the molecule is N#Cc1ccc(C(=O)N2CCN(CCN3CCCC3NC(=O)CNC(=O)c3cccc(C(F)(F)F)c3)CC2)cc1. The lowest BCUT2D eigenvalue weighted by atomic mass is 10.1. The van der Waals surface area contributed by atoms with Gasteiger partial charge in [-0.25, -0.2) is 0 Å². The number of halogens is 3. The fraction of sp³-hybridized carbons (Fsp3) is 0.429. The van der Waals surface area contributed by atoms with Crippen molar-refractivity contribution in [2.24, 2.45) is 0 Å². The quantitative estimate of drug-likeness (QED) is 0.517. The minimum absolute atomic E-state index is 0.0494. The van der Waals surface area contributed by atoms with Gasteiger partial charge in [0.1, 0.15) is 0 Å². The van der Waals surface area contributed by atoms with Crippen molar-refractivity contribution >= 4 is 17.7 Å². The van der Waals surface area contributed by atoms with E-state index in [0.29, 0.717) is 24.2 Å². The van der Waals surface area contributed by atoms with Gasteiger partial charge in [-0.2, -0.15) is 18.4 Å². The maximum Gasteiger partial charge on any atom is 0.416 e. The third-order valence-electron chi connectivity index (χ3n) is 7.18. The van der Waals surface area contributed by atoms with E-state index < -0.39 is 23.6 Å². The van der Waals surface area contributed by atoms with Crippen molar-refractivity contribution in [2.75, 3.05) is 52.4 Å². The van der Waals surface area contributed by atoms with Crippen LogP contribution in [0, 0.1) is 11.3 Å². The standard InChI is InChI=1S/C28H31F3N6O3/c29-28(30,31)23-4-1-3-22(17-23)26(39)33-19-25(38)34-24-5-2-10-36(24)14-11-35-12-15-37(16-13-35)27(40)21-8-6-20(18-32)7-9-21/h1,3-4,6-9,17,24H,2,5,10-16,19H2,(H,33,39)(H,34,38). The van der Waals surface area contributed by atoms with Crippen LogP contribution in [0.2, 0.25) is 0 Å². The molecule has 2 aliphatic rings. The summed E-state index contributed by atoms with van der Waals surface area (Å²) < 4.78 is 38.7. The highest BCUT2D eigenvalue weighted by Gasteiger charge is 2.31. The number of rotatable bonds is 8. The Balaban J connectivity index is 1.18. The average Bonchev–Trinajstić information content (AvgIpc) is 3.41. The number of nitrogens with one attached hydrogen (secondary N) is 2. The van der Waals surface area contributed by atoms with Crippen LogP contribution in [0.1, 0.15) is 44.7 Å². The van der Waals surface area contributed by atoms with Crippen LogP contribution in [0.5, 0.6) is 0 Å². The number of likely N-dealkylation sites (tertiary alicyclic amines) is 1. The second-order valence-electron chi connectivity index (χ2n) is 9.85. The molecule has 12 heteroatoms. The summed E-state index contributed by atoms with van der Waals surface area (Å²) in [4.78, 5) is 43.7. The summed E-state index contributed by atoms with van der Waals surface area (Å²) in [5.74, 6) is -1.21. The van der Waals surface area contributed by atoms with Gasteiger partial charge >= 0.3 is 6.18 Å². The molecule has 2 N–H and O–H groups in total. The zero-order valence-corrected chi connectivity index (χ0v) is 21.9. The first-order chi connectivity index (χ1) is 19.1. The molecule has 0 bridgehead atoms. The predicted octanol–water partition coefficient (Wildman–Crippen LogP) is 2.30. The second-order valence-corrected chi connectivity index (χ2v) is 9.85. The number of nitriles is 1. The molecule has 0 saturated carbocycles. The predicted molar refractivity (Wildman–Crippen MR) is 140 cm³/mol. The lowest BCUT2D eigenvalue weighted by Gasteiger charge is -2.36. The summed E-state index contributed by atoms with van der Waals surface area (Å²) in [6, 6.07) is 12.7. The first-order valence-corrected chi connectivity index (χ1v) is 13.1. The first-order valence-electron chi connectivity index (χ1n) is 13.1. The van der Waals surface area contributed by atoms with Crippen LogP contribution in [0.15, 0.2) is 48.5 Å². The maximum atomic E-state index is 12.9. The average molecular weight is 557 g/mol. The molecule has 1 atom stereocenters. The van der Waals surface area contributed by atoms with Gasteiger partial charge in [-0.1, -0.05) is 6.07 Å². The lowest BCUT2D eigenvalue weighted by molar-refractivity contribution is -0.137. The Morgan fingerprint density at radius 1 is 0.950 bits per heavy atom. The van der Waals surface area contributed by atoms with E-state index in [0.717, 1.165) is 63.8 Å². The molecule has 2 fully saturated rings. The van der Waals surface area contributed by atoms with Crippen molar-refractivity contribution in [1.29, 1.82) is 5.26 Å². The first kappa shape index (κ1) is 29.0. The van der Waals surface area contributed by atoms with Gasteiger partial charge in [0, 0.05) is 56.9 Å². The zero-order chi connectivity index (χ0) is 28.7. The summed E-state index contributed by atoms with van der Waals surface area (Å²) in [7, 11) is 0. The monoisotopic (exact) mass is 556 g/mol. The summed E-state index contributed by atoms with van der Waals surface area (Å²) in [5, 5.41) is 14.2. The Morgan fingerprint density at radius 2 is 1.68 bits per heavy atom. The Hall–Kier alpha value is -3.95. The van der Waals surface area contributed by atoms with Crippen molar-refractivity contribution in [2.45, 2.75) is 25.2 Å². The Kier molecular flexibility index (Phi) is 9.39. The molecule has 4 rings (SSSR count). The largest absolute Gasteiger partial charge is 0.416 e. The van der Waals surface area contributed by atoms with Crippen LogP contribution in [-0.2, 0) is 11.0 Å². The molecule has 2 saturated heterocycles. The van der Waals surface area contributed by atoms with Crippen molar-refractivity contribution in [3.05, 3.63) is 70.8 Å². The van der Waals surface area contributed by atoms with Crippen molar-refractivity contribution in [3.63, 3.8) is 0 Å². The molecule has 3 amide bonds. The Bertz CT molecular complexity index is 1250. The topological polar surface area (TPSA) is 109 Å². The highest BCUT2D eigenvalue weighted by Crippen LogP contribution is 2.29. The summed E-state index contributed by atoms with van der Waals surface area (Å²) in [6.07, 6.45) is -3.07. The Labute approximate surface area is 230 Å². The van der Waals surface area contributed by atoms with Crippen molar-refractivity contribution < 1.29 is 27.6 Å². The normalized spacial score (nSPS) is 18.2. The third kappa shape index (κ3) is 7.58. The lowest BCUT2D eigenvalue weighted by Crippen LogP contribution is -2.52.